The summed E-state index contributed by atoms with van der Waals surface area (Å²) in [4.78, 5) is 11.6. The molecule has 1 saturated carbocycles. The van der Waals surface area contributed by atoms with Gasteiger partial charge in [-0.15, -0.1) is 0 Å². The van der Waals surface area contributed by atoms with Crippen LogP contribution in [0.2, 0.25) is 0 Å². The fourth-order valence-electron chi connectivity index (χ4n) is 2.68. The molecule has 0 radical (unpaired) electrons. The van der Waals surface area contributed by atoms with Gasteiger partial charge in [0, 0.05) is 0 Å². The molecule has 0 aliphatic heterocycles. The number of aromatic carboxylic acids is 1. The minimum atomic E-state index is -1.03. The van der Waals surface area contributed by atoms with E-state index in [0.29, 0.717) is 5.75 Å². The minimum absolute atomic E-state index is 0.0887. The van der Waals surface area contributed by atoms with Crippen molar-refractivity contribution >= 4 is 5.97 Å². The predicted octanol–water partition coefficient (Wildman–Crippen LogP) is 3.20. The molecule has 0 bridgehead atoms. The summed E-state index contributed by atoms with van der Waals surface area (Å²) in [5, 5.41) is 13.7. The highest BCUT2D eigenvalue weighted by Gasteiger charge is 2.24. The fraction of sp³-hybridized carbons (Fsp3) is 0.375. The summed E-state index contributed by atoms with van der Waals surface area (Å²) >= 11 is 0. The zero-order chi connectivity index (χ0) is 14.8. The average Bonchev–Trinajstić information content (AvgIpc) is 3.09. The molecule has 5 nitrogen and oxygen atoms in total. The number of aryl methyl sites for hydroxylation is 1. The number of benzene rings is 1. The van der Waals surface area contributed by atoms with E-state index in [4.69, 9.17) is 4.74 Å². The van der Waals surface area contributed by atoms with Crippen LogP contribution in [0.25, 0.3) is 5.69 Å². The van der Waals surface area contributed by atoms with Crippen molar-refractivity contribution in [2.45, 2.75) is 38.7 Å². The molecule has 0 atom stereocenters. The summed E-state index contributed by atoms with van der Waals surface area (Å²) < 4.78 is 7.25. The Labute approximate surface area is 123 Å². The second-order valence-corrected chi connectivity index (χ2v) is 5.43. The van der Waals surface area contributed by atoms with Gasteiger partial charge < -0.3 is 9.84 Å². The van der Waals surface area contributed by atoms with Gasteiger partial charge >= 0.3 is 5.97 Å². The lowest BCUT2D eigenvalue weighted by Crippen LogP contribution is -2.14. The Hall–Kier alpha value is -2.30. The van der Waals surface area contributed by atoms with Crippen LogP contribution in [-0.2, 0) is 0 Å². The second-order valence-electron chi connectivity index (χ2n) is 5.43. The molecule has 0 spiro atoms. The summed E-state index contributed by atoms with van der Waals surface area (Å²) in [7, 11) is 0. The molecule has 110 valence electrons. The first kappa shape index (κ1) is 13.7. The Bertz CT molecular complexity index is 640. The van der Waals surface area contributed by atoms with E-state index in [9.17, 15) is 9.90 Å². The van der Waals surface area contributed by atoms with E-state index in [-0.39, 0.29) is 11.8 Å². The highest BCUT2D eigenvalue weighted by Crippen LogP contribution is 2.28. The zero-order valence-corrected chi connectivity index (χ0v) is 12.0. The predicted molar refractivity (Wildman–Crippen MR) is 78.1 cm³/mol. The van der Waals surface area contributed by atoms with Gasteiger partial charge in [-0.05, 0) is 44.7 Å². The van der Waals surface area contributed by atoms with Crippen LogP contribution in [0.4, 0.5) is 0 Å². The van der Waals surface area contributed by atoms with Crippen molar-refractivity contribution in [1.29, 1.82) is 0 Å². The molecule has 2 aromatic rings. The average molecular weight is 286 g/mol. The second kappa shape index (κ2) is 5.60. The van der Waals surface area contributed by atoms with Gasteiger partial charge in [0.1, 0.15) is 0 Å². The maximum atomic E-state index is 11.6. The van der Waals surface area contributed by atoms with Crippen molar-refractivity contribution in [2.75, 3.05) is 0 Å². The normalized spacial score (nSPS) is 15.3. The van der Waals surface area contributed by atoms with Crippen molar-refractivity contribution < 1.29 is 14.6 Å². The highest BCUT2D eigenvalue weighted by atomic mass is 16.5. The highest BCUT2D eigenvalue weighted by molar-refractivity contribution is 5.89. The number of carboxylic acid groups (broad SMARTS) is 1. The molecule has 0 unspecified atom stereocenters. The standard InChI is InChI=1S/C16H18N2O3/c1-11-6-8-12(9-7-11)18-15(16(19)20)14(10-17-18)21-13-4-2-3-5-13/h6-10,13H,2-5H2,1H3,(H,19,20). The van der Waals surface area contributed by atoms with Gasteiger partial charge in [-0.3, -0.25) is 0 Å². The number of rotatable bonds is 4. The summed E-state index contributed by atoms with van der Waals surface area (Å²) in [5.74, 6) is -0.670. The molecular weight excluding hydrogens is 268 g/mol. The number of aromatic nitrogens is 2. The van der Waals surface area contributed by atoms with Gasteiger partial charge in [0.2, 0.25) is 0 Å². The van der Waals surface area contributed by atoms with E-state index in [1.165, 1.54) is 10.9 Å². The van der Waals surface area contributed by atoms with E-state index in [2.05, 4.69) is 5.10 Å². The lowest BCUT2D eigenvalue weighted by molar-refractivity contribution is 0.0679. The van der Waals surface area contributed by atoms with Crippen molar-refractivity contribution in [3.8, 4) is 11.4 Å². The van der Waals surface area contributed by atoms with E-state index in [1.54, 1.807) is 0 Å². The summed E-state index contributed by atoms with van der Waals surface area (Å²) in [5.41, 5.74) is 1.93. The molecule has 1 aromatic carbocycles. The number of hydrogen-bond donors (Lipinski definition) is 1. The molecule has 1 aliphatic rings. The quantitative estimate of drug-likeness (QED) is 0.937. The third-order valence-corrected chi connectivity index (χ3v) is 3.81. The monoisotopic (exact) mass is 286 g/mol. The molecule has 0 amide bonds. The van der Waals surface area contributed by atoms with Crippen LogP contribution in [0.3, 0.4) is 0 Å². The number of carbonyl (C=O) groups is 1. The summed E-state index contributed by atoms with van der Waals surface area (Å²) in [6.45, 7) is 1.99. The van der Waals surface area contributed by atoms with E-state index >= 15 is 0 Å². The van der Waals surface area contributed by atoms with E-state index in [0.717, 1.165) is 36.9 Å². The molecule has 5 heteroatoms. The Kier molecular flexibility index (Phi) is 3.64. The first-order valence-corrected chi connectivity index (χ1v) is 7.20. The Morgan fingerprint density at radius 3 is 2.57 bits per heavy atom. The lowest BCUT2D eigenvalue weighted by atomic mass is 10.2. The maximum Gasteiger partial charge on any atom is 0.358 e. The van der Waals surface area contributed by atoms with Gasteiger partial charge in [0.25, 0.3) is 0 Å². The SMILES string of the molecule is Cc1ccc(-n2ncc(OC3CCCC3)c2C(=O)O)cc1. The third kappa shape index (κ3) is 2.77. The molecular formula is C16H18N2O3. The molecule has 1 aliphatic carbocycles. The van der Waals surface area contributed by atoms with E-state index < -0.39 is 5.97 Å². The summed E-state index contributed by atoms with van der Waals surface area (Å²) in [6, 6.07) is 7.57. The molecule has 21 heavy (non-hydrogen) atoms. The minimum Gasteiger partial charge on any atom is -0.486 e. The topological polar surface area (TPSA) is 64.4 Å². The molecule has 1 aromatic heterocycles. The zero-order valence-electron chi connectivity index (χ0n) is 12.0. The van der Waals surface area contributed by atoms with Crippen LogP contribution in [0.5, 0.6) is 5.75 Å². The smallest absolute Gasteiger partial charge is 0.358 e. The molecule has 1 heterocycles. The van der Waals surface area contributed by atoms with Gasteiger partial charge in [-0.2, -0.15) is 5.10 Å². The van der Waals surface area contributed by atoms with Gasteiger partial charge in [-0.1, -0.05) is 17.7 Å². The maximum absolute atomic E-state index is 11.6. The van der Waals surface area contributed by atoms with Crippen LogP contribution in [0.15, 0.2) is 30.5 Å². The largest absolute Gasteiger partial charge is 0.486 e. The van der Waals surface area contributed by atoms with Crippen molar-refractivity contribution in [3.63, 3.8) is 0 Å². The van der Waals surface area contributed by atoms with Crippen LogP contribution in [0.1, 0.15) is 41.7 Å². The van der Waals surface area contributed by atoms with Crippen LogP contribution in [0, 0.1) is 6.92 Å². The molecule has 3 rings (SSSR count). The van der Waals surface area contributed by atoms with Crippen LogP contribution >= 0.6 is 0 Å². The van der Waals surface area contributed by atoms with Crippen molar-refractivity contribution in [1.82, 2.24) is 9.78 Å². The van der Waals surface area contributed by atoms with Gasteiger partial charge in [0.05, 0.1) is 18.0 Å². The Morgan fingerprint density at radius 1 is 1.29 bits per heavy atom. The van der Waals surface area contributed by atoms with Crippen LogP contribution < -0.4 is 4.74 Å². The van der Waals surface area contributed by atoms with E-state index in [1.807, 2.05) is 31.2 Å². The molecule has 1 N–H and O–H groups in total. The number of nitrogens with zero attached hydrogens (tertiary/aromatic N) is 2. The third-order valence-electron chi connectivity index (χ3n) is 3.81. The summed E-state index contributed by atoms with van der Waals surface area (Å²) in [6.07, 6.45) is 5.85. The molecule has 0 saturated heterocycles. The Morgan fingerprint density at radius 2 is 1.95 bits per heavy atom. The first-order valence-electron chi connectivity index (χ1n) is 7.20. The first-order chi connectivity index (χ1) is 10.1. The lowest BCUT2D eigenvalue weighted by Gasteiger charge is -2.12. The van der Waals surface area contributed by atoms with Gasteiger partial charge in [-0.25, -0.2) is 9.48 Å². The van der Waals surface area contributed by atoms with Crippen molar-refractivity contribution in [2.24, 2.45) is 0 Å². The number of ether oxygens (including phenoxy) is 1. The van der Waals surface area contributed by atoms with Crippen LogP contribution in [-0.4, -0.2) is 27.0 Å². The Balaban J connectivity index is 1.95. The van der Waals surface area contributed by atoms with Gasteiger partial charge in [0.15, 0.2) is 11.4 Å². The fourth-order valence-corrected chi connectivity index (χ4v) is 2.68. The number of hydrogen-bond acceptors (Lipinski definition) is 3. The van der Waals surface area contributed by atoms with Crippen molar-refractivity contribution in [3.05, 3.63) is 41.7 Å². The molecule has 1 fully saturated rings. The number of carboxylic acids is 1.